The van der Waals surface area contributed by atoms with Crippen molar-refractivity contribution in [1.82, 2.24) is 14.5 Å². The summed E-state index contributed by atoms with van der Waals surface area (Å²) in [6, 6.07) is 20.2. The molecule has 1 N–H and O–H groups in total. The van der Waals surface area contributed by atoms with Gasteiger partial charge in [-0.2, -0.15) is 0 Å². The van der Waals surface area contributed by atoms with Crippen molar-refractivity contribution in [3.05, 3.63) is 66.2 Å². The second-order valence-corrected chi connectivity index (χ2v) is 7.44. The summed E-state index contributed by atoms with van der Waals surface area (Å²) >= 11 is 0. The number of imidazole rings is 1. The smallest absolute Gasteiger partial charge is 0.338 e. The molecule has 0 amide bonds. The number of nitrogens with one attached hydrogen (secondary N) is 1. The molecule has 5 rings (SSSR count). The number of methoxy groups -OCH3 is 1. The Morgan fingerprint density at radius 2 is 1.84 bits per heavy atom. The Kier molecular flexibility index (Phi) is 4.92. The van der Waals surface area contributed by atoms with Crippen LogP contribution < -0.4 is 0 Å². The summed E-state index contributed by atoms with van der Waals surface area (Å²) in [5.41, 5.74) is 5.54. The highest BCUT2D eigenvalue weighted by Crippen LogP contribution is 2.32. The fourth-order valence-electron chi connectivity index (χ4n) is 4.12. The normalized spacial score (nSPS) is 11.5. The van der Waals surface area contributed by atoms with E-state index < -0.39 is 0 Å². The lowest BCUT2D eigenvalue weighted by Gasteiger charge is -2.03. The molecule has 2 heterocycles. The number of H-pyrrole nitrogens is 1. The number of fused-ring (bicyclic) bond motifs is 4. The van der Waals surface area contributed by atoms with Crippen LogP contribution in [-0.4, -0.2) is 40.8 Å². The van der Waals surface area contributed by atoms with Gasteiger partial charge in [-0.25, -0.2) is 9.78 Å². The monoisotopic (exact) mass is 413 g/mol. The van der Waals surface area contributed by atoms with Crippen LogP contribution in [-0.2, 0) is 16.0 Å². The van der Waals surface area contributed by atoms with Gasteiger partial charge in [0.2, 0.25) is 0 Å². The third-order valence-electron chi connectivity index (χ3n) is 5.60. The van der Waals surface area contributed by atoms with Crippen molar-refractivity contribution in [2.75, 3.05) is 20.3 Å². The average molecular weight is 413 g/mol. The van der Waals surface area contributed by atoms with Crippen molar-refractivity contribution >= 4 is 38.8 Å². The molecule has 0 aliphatic rings. The van der Waals surface area contributed by atoms with E-state index in [1.54, 1.807) is 19.2 Å². The van der Waals surface area contributed by atoms with Crippen LogP contribution in [0.25, 0.3) is 44.2 Å². The zero-order chi connectivity index (χ0) is 21.4. The molecular weight excluding hydrogens is 390 g/mol. The van der Waals surface area contributed by atoms with Gasteiger partial charge < -0.3 is 19.0 Å². The number of esters is 1. The van der Waals surface area contributed by atoms with E-state index >= 15 is 0 Å². The summed E-state index contributed by atoms with van der Waals surface area (Å²) < 4.78 is 12.5. The molecular formula is C25H23N3O3. The Balaban J connectivity index is 1.54. The van der Waals surface area contributed by atoms with Crippen molar-refractivity contribution in [3.63, 3.8) is 0 Å². The van der Waals surface area contributed by atoms with Crippen molar-refractivity contribution in [2.24, 2.45) is 0 Å². The molecule has 0 unspecified atom stereocenters. The molecule has 0 saturated carbocycles. The number of aromatic nitrogens is 3. The molecule has 156 valence electrons. The zero-order valence-electron chi connectivity index (χ0n) is 17.5. The fraction of sp³-hybridized carbons (Fsp3) is 0.200. The molecule has 3 aromatic carbocycles. The predicted octanol–water partition coefficient (Wildman–Crippen LogP) is 5.16. The van der Waals surface area contributed by atoms with Crippen LogP contribution in [0.2, 0.25) is 0 Å². The number of ether oxygens (including phenoxy) is 2. The van der Waals surface area contributed by atoms with Gasteiger partial charge in [-0.1, -0.05) is 18.2 Å². The molecule has 31 heavy (non-hydrogen) atoms. The highest BCUT2D eigenvalue weighted by molar-refractivity contribution is 6.09. The molecule has 0 aliphatic heterocycles. The first-order valence-corrected chi connectivity index (χ1v) is 10.4. The minimum absolute atomic E-state index is 0.229. The Bertz CT molecular complexity index is 1410. The van der Waals surface area contributed by atoms with Crippen molar-refractivity contribution in [3.8, 4) is 11.4 Å². The van der Waals surface area contributed by atoms with E-state index in [-0.39, 0.29) is 12.6 Å². The lowest BCUT2D eigenvalue weighted by Crippen LogP contribution is -2.09. The summed E-state index contributed by atoms with van der Waals surface area (Å²) in [7, 11) is 1.57. The number of benzene rings is 3. The van der Waals surface area contributed by atoms with Gasteiger partial charge in [0.05, 0.1) is 23.2 Å². The molecule has 0 fully saturated rings. The SMILES string of the molecule is CCn1c2ccccc2c2cc(-c3nc4ccc(C(=O)OCCOC)cc4[nH]3)ccc21. The maximum Gasteiger partial charge on any atom is 0.338 e. The molecule has 6 heteroatoms. The second-order valence-electron chi connectivity index (χ2n) is 7.44. The van der Waals surface area contributed by atoms with E-state index in [2.05, 4.69) is 58.9 Å². The molecule has 5 aromatic rings. The van der Waals surface area contributed by atoms with E-state index in [9.17, 15) is 4.79 Å². The summed E-state index contributed by atoms with van der Waals surface area (Å²) in [6.45, 7) is 3.68. The average Bonchev–Trinajstić information content (AvgIpc) is 3.37. The Hall–Kier alpha value is -3.64. The first-order chi connectivity index (χ1) is 15.2. The third kappa shape index (κ3) is 3.35. The van der Waals surface area contributed by atoms with E-state index in [0.717, 1.165) is 29.0 Å². The molecule has 0 radical (unpaired) electrons. The number of nitrogens with zero attached hydrogens (tertiary/aromatic N) is 2. The molecule has 0 saturated heterocycles. The Morgan fingerprint density at radius 1 is 1.00 bits per heavy atom. The van der Waals surface area contributed by atoms with Crippen LogP contribution in [0.15, 0.2) is 60.7 Å². The van der Waals surface area contributed by atoms with Gasteiger partial charge >= 0.3 is 5.97 Å². The number of carbonyl (C=O) groups excluding carboxylic acids is 1. The maximum atomic E-state index is 12.2. The molecule has 2 aromatic heterocycles. The van der Waals surface area contributed by atoms with Gasteiger partial charge in [0.25, 0.3) is 0 Å². The largest absolute Gasteiger partial charge is 0.460 e. The van der Waals surface area contributed by atoms with Crippen LogP contribution in [0.1, 0.15) is 17.3 Å². The lowest BCUT2D eigenvalue weighted by molar-refractivity contribution is 0.0388. The van der Waals surface area contributed by atoms with Crippen molar-refractivity contribution < 1.29 is 14.3 Å². The number of hydrogen-bond acceptors (Lipinski definition) is 4. The first-order valence-electron chi connectivity index (χ1n) is 10.4. The molecule has 0 bridgehead atoms. The summed E-state index contributed by atoms with van der Waals surface area (Å²) in [5.74, 6) is 0.402. The molecule has 0 aliphatic carbocycles. The zero-order valence-corrected chi connectivity index (χ0v) is 17.5. The minimum Gasteiger partial charge on any atom is -0.460 e. The maximum absolute atomic E-state index is 12.2. The number of carbonyl (C=O) groups is 1. The first kappa shape index (κ1) is 19.3. The second kappa shape index (κ2) is 7.89. The molecule has 0 spiro atoms. The van der Waals surface area contributed by atoms with Gasteiger partial charge in [-0.05, 0) is 49.4 Å². The number of hydrogen-bond donors (Lipinski definition) is 1. The van der Waals surface area contributed by atoms with Crippen LogP contribution in [0.4, 0.5) is 0 Å². The predicted molar refractivity (Wildman–Crippen MR) is 122 cm³/mol. The number of rotatable bonds is 6. The van der Waals surface area contributed by atoms with E-state index in [4.69, 9.17) is 14.5 Å². The van der Waals surface area contributed by atoms with Crippen molar-refractivity contribution in [2.45, 2.75) is 13.5 Å². The standard InChI is InChI=1S/C25H23N3O3/c1-3-28-22-7-5-4-6-18(22)19-14-16(9-11-23(19)28)24-26-20-10-8-17(15-21(20)27-24)25(29)31-13-12-30-2/h4-11,14-15H,3,12-13H2,1-2H3,(H,26,27). The minimum atomic E-state index is -0.371. The quantitative estimate of drug-likeness (QED) is 0.308. The topological polar surface area (TPSA) is 69.1 Å². The Labute approximate surface area is 179 Å². The van der Waals surface area contributed by atoms with Crippen LogP contribution in [0.5, 0.6) is 0 Å². The number of aromatic amines is 1. The van der Waals surface area contributed by atoms with Gasteiger partial charge in [0.15, 0.2) is 0 Å². The highest BCUT2D eigenvalue weighted by Gasteiger charge is 2.14. The van der Waals surface area contributed by atoms with Crippen LogP contribution >= 0.6 is 0 Å². The number of para-hydroxylation sites is 1. The Morgan fingerprint density at radius 3 is 2.68 bits per heavy atom. The van der Waals surface area contributed by atoms with Gasteiger partial charge in [-0.15, -0.1) is 0 Å². The highest BCUT2D eigenvalue weighted by atomic mass is 16.6. The van der Waals surface area contributed by atoms with Gasteiger partial charge in [0, 0.05) is 41.0 Å². The van der Waals surface area contributed by atoms with E-state index in [0.29, 0.717) is 12.2 Å². The van der Waals surface area contributed by atoms with Crippen LogP contribution in [0.3, 0.4) is 0 Å². The lowest BCUT2D eigenvalue weighted by atomic mass is 10.1. The molecule has 0 atom stereocenters. The van der Waals surface area contributed by atoms with E-state index in [1.807, 2.05) is 6.07 Å². The summed E-state index contributed by atoms with van der Waals surface area (Å²) in [4.78, 5) is 20.3. The molecule has 6 nitrogen and oxygen atoms in total. The summed E-state index contributed by atoms with van der Waals surface area (Å²) in [5, 5.41) is 2.44. The van der Waals surface area contributed by atoms with Gasteiger partial charge in [-0.3, -0.25) is 0 Å². The van der Waals surface area contributed by atoms with Crippen molar-refractivity contribution in [1.29, 1.82) is 0 Å². The fourth-order valence-corrected chi connectivity index (χ4v) is 4.12. The summed E-state index contributed by atoms with van der Waals surface area (Å²) in [6.07, 6.45) is 0. The van der Waals surface area contributed by atoms with E-state index in [1.165, 1.54) is 21.8 Å². The van der Waals surface area contributed by atoms with Gasteiger partial charge in [0.1, 0.15) is 12.4 Å². The number of aryl methyl sites for hydroxylation is 1. The van der Waals surface area contributed by atoms with Crippen LogP contribution in [0, 0.1) is 0 Å². The third-order valence-corrected chi connectivity index (χ3v) is 5.60.